The van der Waals surface area contributed by atoms with Gasteiger partial charge in [-0.2, -0.15) is 9.29 Å². The van der Waals surface area contributed by atoms with Crippen LogP contribution >= 0.6 is 11.6 Å². The number of rotatable bonds is 13. The largest absolute Gasteiger partial charge is 0.593 e. The van der Waals surface area contributed by atoms with Gasteiger partial charge in [0.25, 0.3) is 11.8 Å². The third-order valence-electron chi connectivity index (χ3n) is 10.9. The molecule has 4 aliphatic rings. The van der Waals surface area contributed by atoms with Crippen molar-refractivity contribution in [2.24, 2.45) is 0 Å². The molecule has 8 rings (SSSR count). The summed E-state index contributed by atoms with van der Waals surface area (Å²) in [5.74, 6) is -1.92. The maximum Gasteiger partial charge on any atom is 0.262 e. The minimum Gasteiger partial charge on any atom is -0.593 e. The number of ether oxygens (including phenoxy) is 1. The first-order chi connectivity index (χ1) is 28.4. The Bertz CT molecular complexity index is 2290. The minimum atomic E-state index is -1.24. The lowest BCUT2D eigenvalue weighted by atomic mass is 10.0. The van der Waals surface area contributed by atoms with Crippen LogP contribution in [0.1, 0.15) is 33.6 Å². The van der Waals surface area contributed by atoms with E-state index in [9.17, 15) is 23.7 Å². The zero-order chi connectivity index (χ0) is 41.4. The van der Waals surface area contributed by atoms with E-state index in [0.717, 1.165) is 30.2 Å². The third kappa shape index (κ3) is 8.49. The number of nitrogens with zero attached hydrogens (tertiary/aromatic N) is 7. The van der Waals surface area contributed by atoms with Gasteiger partial charge in [0.15, 0.2) is 5.82 Å². The van der Waals surface area contributed by atoms with Crippen molar-refractivity contribution in [2.75, 3.05) is 90.5 Å². The molecule has 3 fully saturated rings. The molecule has 4 amide bonds. The van der Waals surface area contributed by atoms with Crippen LogP contribution in [0.4, 0.5) is 44.6 Å². The lowest BCUT2D eigenvalue weighted by molar-refractivity contribution is -0.136. The van der Waals surface area contributed by atoms with Gasteiger partial charge in [-0.25, -0.2) is 9.37 Å². The summed E-state index contributed by atoms with van der Waals surface area (Å²) in [4.78, 5) is 66.3. The Labute approximate surface area is 347 Å². The molecule has 59 heavy (non-hydrogen) atoms. The summed E-state index contributed by atoms with van der Waals surface area (Å²) in [6.45, 7) is 5.34. The second-order valence-electron chi connectivity index (χ2n) is 14.6. The zero-order valence-electron chi connectivity index (χ0n) is 32.3. The molecule has 2 atom stereocenters. The molecule has 2 unspecified atom stereocenters. The number of anilines is 7. The molecule has 0 bridgehead atoms. The Kier molecular flexibility index (Phi) is 11.6. The number of carbonyl (C=O) groups excluding carboxylic acids is 4. The topological polar surface area (TPSA) is 179 Å². The number of carbonyl (C=O) groups is 4. The number of imide groups is 2. The van der Waals surface area contributed by atoms with Crippen molar-refractivity contribution in [2.45, 2.75) is 25.0 Å². The number of fused-ring (bicyclic) bond motifs is 1. The van der Waals surface area contributed by atoms with Crippen LogP contribution in [0.25, 0.3) is 0 Å². The van der Waals surface area contributed by atoms with E-state index in [1.807, 2.05) is 29.2 Å². The van der Waals surface area contributed by atoms with Gasteiger partial charge in [0, 0.05) is 63.6 Å². The average Bonchev–Trinajstić information content (AvgIpc) is 3.45. The van der Waals surface area contributed by atoms with Gasteiger partial charge in [-0.05, 0) is 55.0 Å². The molecule has 308 valence electrons. The molecular weight excluding hydrogens is 803 g/mol. The molecule has 16 nitrogen and oxygen atoms in total. The molecule has 0 spiro atoms. The van der Waals surface area contributed by atoms with Gasteiger partial charge in [-0.3, -0.25) is 34.3 Å². The number of hydrogen-bond donors (Lipinski definition) is 3. The van der Waals surface area contributed by atoms with Crippen molar-refractivity contribution < 1.29 is 32.9 Å². The smallest absolute Gasteiger partial charge is 0.262 e. The Morgan fingerprint density at radius 3 is 2.49 bits per heavy atom. The van der Waals surface area contributed by atoms with Gasteiger partial charge in [0.1, 0.15) is 28.8 Å². The predicted molar refractivity (Wildman–Crippen MR) is 223 cm³/mol. The zero-order valence-corrected chi connectivity index (χ0v) is 33.9. The van der Waals surface area contributed by atoms with Crippen molar-refractivity contribution in [1.82, 2.24) is 25.1 Å². The lowest BCUT2D eigenvalue weighted by Crippen LogP contribution is -2.54. The highest BCUT2D eigenvalue weighted by Crippen LogP contribution is 2.34. The van der Waals surface area contributed by atoms with Crippen LogP contribution in [0, 0.1) is 5.82 Å². The summed E-state index contributed by atoms with van der Waals surface area (Å²) in [7, 11) is 1.73. The molecule has 0 radical (unpaired) electrons. The van der Waals surface area contributed by atoms with E-state index in [0.29, 0.717) is 61.4 Å². The van der Waals surface area contributed by atoms with Gasteiger partial charge in [0.2, 0.25) is 17.8 Å². The number of piperazine rings is 1. The maximum absolute atomic E-state index is 15.5. The Hall–Kier alpha value is -5.53. The van der Waals surface area contributed by atoms with E-state index in [4.69, 9.17) is 16.3 Å². The van der Waals surface area contributed by atoms with Crippen LogP contribution in [0.5, 0.6) is 0 Å². The average molecular weight is 845 g/mol. The first kappa shape index (κ1) is 40.3. The highest BCUT2D eigenvalue weighted by Gasteiger charge is 2.45. The third-order valence-corrected chi connectivity index (χ3v) is 12.2. The maximum atomic E-state index is 15.5. The lowest BCUT2D eigenvalue weighted by Gasteiger charge is -2.41. The van der Waals surface area contributed by atoms with Crippen LogP contribution in [-0.4, -0.2) is 126 Å². The Balaban J connectivity index is 0.781. The number of halogens is 2. The van der Waals surface area contributed by atoms with E-state index in [1.54, 1.807) is 47.9 Å². The Morgan fingerprint density at radius 2 is 1.75 bits per heavy atom. The van der Waals surface area contributed by atoms with Gasteiger partial charge < -0.3 is 29.7 Å². The molecule has 0 aliphatic carbocycles. The molecule has 4 aliphatic heterocycles. The number of benzene rings is 3. The van der Waals surface area contributed by atoms with Crippen LogP contribution in [0.2, 0.25) is 5.02 Å². The number of aromatic nitrogens is 2. The van der Waals surface area contributed by atoms with Crippen LogP contribution in [-0.2, 0) is 25.7 Å². The summed E-state index contributed by atoms with van der Waals surface area (Å²) in [5.41, 5.74) is 3.64. The summed E-state index contributed by atoms with van der Waals surface area (Å²) in [6.07, 6.45) is 3.23. The van der Waals surface area contributed by atoms with E-state index < -0.39 is 41.0 Å². The second kappa shape index (κ2) is 17.0. The monoisotopic (exact) mass is 844 g/mol. The number of hydrogen-bond acceptors (Lipinski definition) is 14. The molecule has 19 heteroatoms. The van der Waals surface area contributed by atoms with E-state index in [2.05, 4.69) is 35.7 Å². The second-order valence-corrected chi connectivity index (χ2v) is 16.5. The molecule has 3 N–H and O–H groups in total. The highest BCUT2D eigenvalue weighted by molar-refractivity contribution is 7.92. The fourth-order valence-electron chi connectivity index (χ4n) is 7.58. The van der Waals surface area contributed by atoms with Crippen molar-refractivity contribution >= 4 is 86.8 Å². The standard InChI is InChI=1S/C40H42ClFN10O6S/c1-48(59(2)57)33-6-4-3-5-31(33)45-36-29(41)21-43-40(47-36)44-24-7-10-32(30(42)19-24)50-15-13-49(14-16-50)17-18-58-26-22-51(23-26)25-8-9-27-28(20-25)39(56)52(38(27)55)34-11-12-35(53)46-37(34)54/h3-10,19-21,26,34H,11-18,22-23H2,1-2H3,(H,46,53,54)(H2,43,44,45,47). The highest BCUT2D eigenvalue weighted by atomic mass is 35.5. The van der Waals surface area contributed by atoms with E-state index in [-0.39, 0.29) is 46.9 Å². The SMILES string of the molecule is CN(c1ccccc1Nc1nc(Nc2ccc(N3CCN(CCOC4CN(c5ccc6c(c5)C(=O)N(C5CCC(=O)NC5=O)C6=O)C4)CC3)c(F)c2)ncc1Cl)[S+](C)[O-]. The number of piperidine rings is 1. The van der Waals surface area contributed by atoms with Crippen molar-refractivity contribution in [1.29, 1.82) is 0 Å². The minimum absolute atomic E-state index is 0.0155. The molecule has 3 aromatic carbocycles. The quantitative estimate of drug-likeness (QED) is 0.130. The fraction of sp³-hybridized carbons (Fsp3) is 0.350. The number of para-hydroxylation sites is 2. The first-order valence-electron chi connectivity index (χ1n) is 19.2. The molecule has 5 heterocycles. The van der Waals surface area contributed by atoms with E-state index >= 15 is 4.39 Å². The summed E-state index contributed by atoms with van der Waals surface area (Å²) in [6, 6.07) is 16.4. The van der Waals surface area contributed by atoms with Crippen LogP contribution in [0.15, 0.2) is 66.9 Å². The first-order valence-corrected chi connectivity index (χ1v) is 21.0. The normalized spacial score (nSPS) is 19.1. The van der Waals surface area contributed by atoms with Gasteiger partial charge in [-0.15, -0.1) is 0 Å². The summed E-state index contributed by atoms with van der Waals surface area (Å²) in [5, 5.41) is 8.75. The van der Waals surface area contributed by atoms with Gasteiger partial charge in [0.05, 0.1) is 59.8 Å². The molecule has 4 aromatic rings. The fourth-order valence-corrected chi connectivity index (χ4v) is 8.15. The number of amides is 4. The van der Waals surface area contributed by atoms with Gasteiger partial charge in [-0.1, -0.05) is 23.7 Å². The van der Waals surface area contributed by atoms with Gasteiger partial charge >= 0.3 is 0 Å². The number of nitrogens with one attached hydrogen (secondary N) is 3. The molecule has 1 aromatic heterocycles. The van der Waals surface area contributed by atoms with Crippen molar-refractivity contribution in [3.05, 3.63) is 88.8 Å². The van der Waals surface area contributed by atoms with Crippen molar-refractivity contribution in [3.63, 3.8) is 0 Å². The summed E-state index contributed by atoms with van der Waals surface area (Å²) < 4.78 is 35.4. The predicted octanol–water partition coefficient (Wildman–Crippen LogP) is 3.91. The van der Waals surface area contributed by atoms with Crippen molar-refractivity contribution in [3.8, 4) is 0 Å². The Morgan fingerprint density at radius 1 is 0.983 bits per heavy atom. The molecule has 0 saturated carbocycles. The van der Waals surface area contributed by atoms with Crippen LogP contribution < -0.4 is 30.1 Å². The summed E-state index contributed by atoms with van der Waals surface area (Å²) >= 11 is 5.17. The molecular formula is C40H42ClFN10O6S. The molecule has 3 saturated heterocycles. The van der Waals surface area contributed by atoms with Crippen LogP contribution in [0.3, 0.4) is 0 Å². The van der Waals surface area contributed by atoms with E-state index in [1.165, 1.54) is 12.3 Å².